The summed E-state index contributed by atoms with van der Waals surface area (Å²) >= 11 is 0. The summed E-state index contributed by atoms with van der Waals surface area (Å²) in [6.45, 7) is 0. The molecule has 5 aromatic rings. The maximum atomic E-state index is 15.3. The Kier molecular flexibility index (Phi) is 5.49. The Morgan fingerprint density at radius 2 is 1.92 bits per heavy atom. The zero-order valence-electron chi connectivity index (χ0n) is 19.8. The third-order valence-corrected chi connectivity index (χ3v) is 7.03. The maximum absolute atomic E-state index is 15.3. The smallest absolute Gasteiger partial charge is 0.251 e. The summed E-state index contributed by atoms with van der Waals surface area (Å²) in [6, 6.07) is 8.88. The maximum Gasteiger partial charge on any atom is 0.251 e. The molecular weight excluding hydrogens is 457 g/mol. The van der Waals surface area contributed by atoms with Gasteiger partial charge in [0.05, 0.1) is 29.8 Å². The third-order valence-electron chi connectivity index (χ3n) is 7.03. The van der Waals surface area contributed by atoms with Gasteiger partial charge in [0, 0.05) is 52.8 Å². The molecule has 1 aliphatic rings. The lowest BCUT2D eigenvalue weighted by atomic mass is 9.91. The van der Waals surface area contributed by atoms with Gasteiger partial charge in [0.15, 0.2) is 0 Å². The van der Waals surface area contributed by atoms with E-state index in [1.807, 2.05) is 19.3 Å². The van der Waals surface area contributed by atoms with Crippen LogP contribution in [-0.4, -0.2) is 42.7 Å². The number of hydrogen-bond donors (Lipinski definition) is 3. The lowest BCUT2D eigenvalue weighted by Gasteiger charge is -2.29. The zero-order chi connectivity index (χ0) is 24.8. The molecule has 1 aromatic carbocycles. The highest BCUT2D eigenvalue weighted by molar-refractivity contribution is 6.13. The molecule has 6 rings (SSSR count). The first-order valence-electron chi connectivity index (χ1n) is 12.1. The molecule has 4 aromatic heterocycles. The van der Waals surface area contributed by atoms with Gasteiger partial charge in [-0.25, -0.2) is 9.37 Å². The number of fused-ring (bicyclic) bond motifs is 3. The highest BCUT2D eigenvalue weighted by Gasteiger charge is 2.24. The van der Waals surface area contributed by atoms with Crippen molar-refractivity contribution in [1.29, 1.82) is 0 Å². The molecule has 0 aliphatic heterocycles. The van der Waals surface area contributed by atoms with Crippen LogP contribution in [0.4, 0.5) is 4.39 Å². The van der Waals surface area contributed by atoms with E-state index in [1.54, 1.807) is 41.3 Å². The first-order valence-corrected chi connectivity index (χ1v) is 12.1. The molecule has 9 heteroatoms. The van der Waals surface area contributed by atoms with Crippen LogP contribution in [0.5, 0.6) is 0 Å². The number of nitrogens with zero attached hydrogens (tertiary/aromatic N) is 4. The van der Waals surface area contributed by atoms with Gasteiger partial charge in [-0.15, -0.1) is 0 Å². The minimum absolute atomic E-state index is 0.0166. The SMILES string of the molecule is Cn1cc(-c2cc3c(cn2)[nH]c2ncc(F)c(-c4ccc(C(=O)N[C@H]5CCCCC5N)cc4)c23)cn1. The van der Waals surface area contributed by atoms with Gasteiger partial charge in [-0.2, -0.15) is 5.10 Å². The molecule has 1 aliphatic carbocycles. The first kappa shape index (κ1) is 22.4. The van der Waals surface area contributed by atoms with Crippen molar-refractivity contribution in [3.8, 4) is 22.4 Å². The van der Waals surface area contributed by atoms with Crippen molar-refractivity contribution in [2.45, 2.75) is 37.8 Å². The lowest BCUT2D eigenvalue weighted by molar-refractivity contribution is 0.0921. The predicted molar refractivity (Wildman–Crippen MR) is 137 cm³/mol. The summed E-state index contributed by atoms with van der Waals surface area (Å²) < 4.78 is 17.0. The number of halogens is 1. The number of carbonyl (C=O) groups is 1. The highest BCUT2D eigenvalue weighted by atomic mass is 19.1. The summed E-state index contributed by atoms with van der Waals surface area (Å²) in [4.78, 5) is 24.9. The van der Waals surface area contributed by atoms with Crippen LogP contribution in [0, 0.1) is 5.82 Å². The molecular formula is C27H26FN7O. The molecule has 1 amide bonds. The second-order valence-electron chi connectivity index (χ2n) is 9.45. The molecule has 0 radical (unpaired) electrons. The van der Waals surface area contributed by atoms with Crippen LogP contribution in [0.3, 0.4) is 0 Å². The molecule has 0 saturated heterocycles. The minimum atomic E-state index is -0.437. The van der Waals surface area contributed by atoms with Crippen molar-refractivity contribution in [3.05, 3.63) is 66.5 Å². The summed E-state index contributed by atoms with van der Waals surface area (Å²) in [5.41, 5.74) is 10.7. The Hall–Kier alpha value is -4.11. The fourth-order valence-electron chi connectivity index (χ4n) is 5.11. The Morgan fingerprint density at radius 3 is 2.67 bits per heavy atom. The van der Waals surface area contributed by atoms with Crippen molar-refractivity contribution >= 4 is 27.8 Å². The molecule has 2 atom stereocenters. The number of H-pyrrole nitrogens is 1. The molecule has 1 saturated carbocycles. The number of nitrogens with two attached hydrogens (primary N) is 1. The Labute approximate surface area is 206 Å². The van der Waals surface area contributed by atoms with Gasteiger partial charge in [-0.1, -0.05) is 25.0 Å². The number of benzene rings is 1. The highest BCUT2D eigenvalue weighted by Crippen LogP contribution is 2.36. The predicted octanol–water partition coefficient (Wildman–Crippen LogP) is 4.32. The summed E-state index contributed by atoms with van der Waals surface area (Å²) in [7, 11) is 1.85. The van der Waals surface area contributed by atoms with E-state index in [2.05, 4.69) is 25.4 Å². The summed E-state index contributed by atoms with van der Waals surface area (Å²) in [6.07, 6.45) is 10.5. The lowest BCUT2D eigenvalue weighted by Crippen LogP contribution is -2.49. The molecule has 1 fully saturated rings. The van der Waals surface area contributed by atoms with E-state index in [1.165, 1.54) is 6.20 Å². The Bertz CT molecular complexity index is 1590. The van der Waals surface area contributed by atoms with E-state index >= 15 is 4.39 Å². The fraction of sp³-hybridized carbons (Fsp3) is 0.259. The van der Waals surface area contributed by atoms with Gasteiger partial charge in [-0.3, -0.25) is 14.5 Å². The quantitative estimate of drug-likeness (QED) is 0.352. The summed E-state index contributed by atoms with van der Waals surface area (Å²) in [5.74, 6) is -0.600. The molecule has 8 nitrogen and oxygen atoms in total. The first-order chi connectivity index (χ1) is 17.5. The third kappa shape index (κ3) is 3.91. The van der Waals surface area contributed by atoms with E-state index in [9.17, 15) is 4.79 Å². The fourth-order valence-corrected chi connectivity index (χ4v) is 5.11. The van der Waals surface area contributed by atoms with Gasteiger partial charge in [-0.05, 0) is 36.6 Å². The number of aromatic amines is 1. The van der Waals surface area contributed by atoms with Crippen LogP contribution in [0.2, 0.25) is 0 Å². The molecule has 0 bridgehead atoms. The molecule has 182 valence electrons. The van der Waals surface area contributed by atoms with Crippen LogP contribution in [0.15, 0.2) is 55.1 Å². The number of hydrogen-bond acceptors (Lipinski definition) is 5. The number of carbonyl (C=O) groups excluding carboxylic acids is 1. The average Bonchev–Trinajstić information content (AvgIpc) is 3.48. The number of pyridine rings is 2. The monoisotopic (exact) mass is 483 g/mol. The molecule has 4 N–H and O–H groups in total. The van der Waals surface area contributed by atoms with Crippen LogP contribution in [0.1, 0.15) is 36.0 Å². The van der Waals surface area contributed by atoms with Crippen molar-refractivity contribution < 1.29 is 9.18 Å². The van der Waals surface area contributed by atoms with E-state index in [-0.39, 0.29) is 18.0 Å². The van der Waals surface area contributed by atoms with Gasteiger partial charge < -0.3 is 16.0 Å². The number of aryl methyl sites for hydroxylation is 1. The number of rotatable bonds is 4. The van der Waals surface area contributed by atoms with E-state index in [0.29, 0.717) is 27.7 Å². The van der Waals surface area contributed by atoms with Crippen molar-refractivity contribution in [1.82, 2.24) is 30.0 Å². The largest absolute Gasteiger partial charge is 0.348 e. The topological polar surface area (TPSA) is 115 Å². The normalized spacial score (nSPS) is 18.1. The molecule has 1 unspecified atom stereocenters. The van der Waals surface area contributed by atoms with E-state index in [0.717, 1.165) is 47.8 Å². The second-order valence-corrected chi connectivity index (χ2v) is 9.45. The number of nitrogens with one attached hydrogen (secondary N) is 2. The van der Waals surface area contributed by atoms with E-state index in [4.69, 9.17) is 5.73 Å². The average molecular weight is 484 g/mol. The van der Waals surface area contributed by atoms with Gasteiger partial charge in [0.25, 0.3) is 5.91 Å². The van der Waals surface area contributed by atoms with Crippen molar-refractivity contribution in [2.75, 3.05) is 0 Å². The minimum Gasteiger partial charge on any atom is -0.348 e. The van der Waals surface area contributed by atoms with Gasteiger partial charge in [0.2, 0.25) is 0 Å². The van der Waals surface area contributed by atoms with Crippen LogP contribution < -0.4 is 11.1 Å². The van der Waals surface area contributed by atoms with Crippen molar-refractivity contribution in [2.24, 2.45) is 12.8 Å². The van der Waals surface area contributed by atoms with Gasteiger partial charge >= 0.3 is 0 Å². The molecule has 0 spiro atoms. The van der Waals surface area contributed by atoms with Crippen LogP contribution in [0.25, 0.3) is 44.3 Å². The summed E-state index contributed by atoms with van der Waals surface area (Å²) in [5, 5.41) is 8.77. The van der Waals surface area contributed by atoms with Crippen LogP contribution >= 0.6 is 0 Å². The van der Waals surface area contributed by atoms with Crippen LogP contribution in [-0.2, 0) is 7.05 Å². The number of aromatic nitrogens is 5. The molecule has 4 heterocycles. The van der Waals surface area contributed by atoms with Crippen molar-refractivity contribution in [3.63, 3.8) is 0 Å². The Balaban J connectivity index is 1.38. The zero-order valence-corrected chi connectivity index (χ0v) is 19.8. The van der Waals surface area contributed by atoms with E-state index < -0.39 is 5.82 Å². The second kappa shape index (κ2) is 8.83. The molecule has 36 heavy (non-hydrogen) atoms. The number of amides is 1. The Morgan fingerprint density at radius 1 is 1.11 bits per heavy atom. The van der Waals surface area contributed by atoms with Gasteiger partial charge in [0.1, 0.15) is 11.5 Å². The standard InChI is InChI=1S/C27H26FN7O/c1-35-14-17(11-32-35)22-10-18-23(13-30-22)33-26-25(18)24(19(28)12-31-26)15-6-8-16(9-7-15)27(36)34-21-5-3-2-4-20(21)29/h6-14,20-21H,2-5,29H2,1H3,(H,31,33)(H,34,36)/t20?,21-/m0/s1.